The average Bonchev–Trinajstić information content (AvgIpc) is 3.32. The van der Waals surface area contributed by atoms with E-state index < -0.39 is 5.60 Å². The molecule has 2 saturated heterocycles. The number of carbonyl (C=O) groups is 1. The second-order valence-corrected chi connectivity index (χ2v) is 9.62. The largest absolute Gasteiger partial charge is 0.444 e. The Morgan fingerprint density at radius 1 is 1.19 bits per heavy atom. The Bertz CT molecular complexity index is 936. The lowest BCUT2D eigenvalue weighted by Gasteiger charge is -2.32. The lowest BCUT2D eigenvalue weighted by Crippen LogP contribution is -2.41. The summed E-state index contributed by atoms with van der Waals surface area (Å²) in [5, 5.41) is 8.98. The third-order valence-electron chi connectivity index (χ3n) is 6.08. The number of ether oxygens (including phenoxy) is 2. The molecule has 5 heterocycles. The normalized spacial score (nSPS) is 20.5. The van der Waals surface area contributed by atoms with E-state index in [0.717, 1.165) is 57.1 Å². The van der Waals surface area contributed by atoms with Crippen molar-refractivity contribution in [2.45, 2.75) is 64.1 Å². The molecule has 0 aromatic carbocycles. The summed E-state index contributed by atoms with van der Waals surface area (Å²) in [4.78, 5) is 20.9. The van der Waals surface area contributed by atoms with Gasteiger partial charge in [-0.15, -0.1) is 0 Å². The summed E-state index contributed by atoms with van der Waals surface area (Å²) in [7, 11) is 0. The number of likely N-dealkylation sites (tertiary alicyclic amines) is 1. The minimum absolute atomic E-state index is 0.193. The second kappa shape index (κ2) is 7.81. The monoisotopic (exact) mass is 430 g/mol. The molecule has 10 nitrogen and oxygen atoms in total. The van der Waals surface area contributed by atoms with Gasteiger partial charge >= 0.3 is 12.1 Å². The Balaban J connectivity index is 1.18. The smallest absolute Gasteiger partial charge is 0.410 e. The van der Waals surface area contributed by atoms with Gasteiger partial charge in [0, 0.05) is 43.7 Å². The first kappa shape index (κ1) is 20.3. The minimum Gasteiger partial charge on any atom is -0.444 e. The molecule has 10 heteroatoms. The Morgan fingerprint density at radius 2 is 1.97 bits per heavy atom. The second-order valence-electron chi connectivity index (χ2n) is 9.62. The molecule has 168 valence electrons. The van der Waals surface area contributed by atoms with E-state index in [9.17, 15) is 4.79 Å². The van der Waals surface area contributed by atoms with Crippen LogP contribution < -0.4 is 4.90 Å². The SMILES string of the molecule is CC(C)(C)OC(=O)N1CCC(c2noc(N3CCc4nn(C5COC5)cc4C3)n2)CC1. The lowest BCUT2D eigenvalue weighted by molar-refractivity contribution is -0.0287. The van der Waals surface area contributed by atoms with Gasteiger partial charge in [0.25, 0.3) is 0 Å². The van der Waals surface area contributed by atoms with E-state index in [1.165, 1.54) is 5.56 Å². The average molecular weight is 431 g/mol. The zero-order valence-corrected chi connectivity index (χ0v) is 18.4. The van der Waals surface area contributed by atoms with Crippen LogP contribution in [0.25, 0.3) is 0 Å². The first-order chi connectivity index (χ1) is 14.9. The van der Waals surface area contributed by atoms with Gasteiger partial charge in [0.1, 0.15) is 5.60 Å². The van der Waals surface area contributed by atoms with Crippen molar-refractivity contribution in [1.29, 1.82) is 0 Å². The van der Waals surface area contributed by atoms with E-state index >= 15 is 0 Å². The van der Waals surface area contributed by atoms with Gasteiger partial charge in [-0.25, -0.2) is 4.79 Å². The third-order valence-corrected chi connectivity index (χ3v) is 6.08. The molecule has 0 atom stereocenters. The molecule has 2 aromatic heterocycles. The van der Waals surface area contributed by atoms with E-state index in [2.05, 4.69) is 16.3 Å². The van der Waals surface area contributed by atoms with Gasteiger partial charge in [-0.1, -0.05) is 5.16 Å². The van der Waals surface area contributed by atoms with E-state index in [0.29, 0.717) is 25.1 Å². The molecule has 1 amide bonds. The summed E-state index contributed by atoms with van der Waals surface area (Å²) in [5.41, 5.74) is 1.88. The van der Waals surface area contributed by atoms with Crippen LogP contribution in [0.3, 0.4) is 0 Å². The standard InChI is InChI=1S/C21H30N6O4/c1-21(2,3)30-20(28)25-7-4-14(5-8-25)18-22-19(31-24-18)26-9-6-17-15(10-26)11-27(23-17)16-12-29-13-16/h11,14,16H,4-10,12-13H2,1-3H3. The molecule has 3 aliphatic heterocycles. The van der Waals surface area contributed by atoms with E-state index in [1.54, 1.807) is 4.90 Å². The molecule has 2 fully saturated rings. The van der Waals surface area contributed by atoms with Crippen molar-refractivity contribution >= 4 is 12.1 Å². The fourth-order valence-corrected chi connectivity index (χ4v) is 4.23. The van der Waals surface area contributed by atoms with Crippen LogP contribution >= 0.6 is 0 Å². The molecule has 5 rings (SSSR count). The number of carbonyl (C=O) groups excluding carboxylic acids is 1. The van der Waals surface area contributed by atoms with Gasteiger partial charge in [-0.05, 0) is 33.6 Å². The first-order valence-electron chi connectivity index (χ1n) is 11.1. The molecular formula is C21H30N6O4. The van der Waals surface area contributed by atoms with Gasteiger partial charge in [-0.2, -0.15) is 10.1 Å². The van der Waals surface area contributed by atoms with Crippen LogP contribution in [0.4, 0.5) is 10.8 Å². The van der Waals surface area contributed by atoms with Gasteiger partial charge in [0.15, 0.2) is 5.82 Å². The quantitative estimate of drug-likeness (QED) is 0.733. The van der Waals surface area contributed by atoms with Gasteiger partial charge in [0.05, 0.1) is 31.5 Å². The maximum absolute atomic E-state index is 12.3. The molecule has 0 radical (unpaired) electrons. The number of nitrogens with zero attached hydrogens (tertiary/aromatic N) is 6. The molecule has 0 N–H and O–H groups in total. The van der Waals surface area contributed by atoms with Crippen LogP contribution in [0.1, 0.15) is 62.7 Å². The molecular weight excluding hydrogens is 400 g/mol. The fourth-order valence-electron chi connectivity index (χ4n) is 4.23. The zero-order valence-electron chi connectivity index (χ0n) is 18.4. The van der Waals surface area contributed by atoms with Crippen molar-refractivity contribution < 1.29 is 18.8 Å². The van der Waals surface area contributed by atoms with E-state index in [-0.39, 0.29) is 12.0 Å². The van der Waals surface area contributed by atoms with Gasteiger partial charge in [-0.3, -0.25) is 4.68 Å². The molecule has 0 aliphatic carbocycles. The summed E-state index contributed by atoms with van der Waals surface area (Å²) in [6, 6.07) is 0.926. The fraction of sp³-hybridized carbons (Fsp3) is 0.714. The Hall–Kier alpha value is -2.62. The van der Waals surface area contributed by atoms with Crippen LogP contribution in [-0.4, -0.2) is 69.4 Å². The topological polar surface area (TPSA) is 98.8 Å². The maximum atomic E-state index is 12.3. The molecule has 0 saturated carbocycles. The molecule has 2 aromatic rings. The van der Waals surface area contributed by atoms with Crippen molar-refractivity contribution in [3.8, 4) is 0 Å². The Labute approximate surface area is 181 Å². The van der Waals surface area contributed by atoms with Crippen molar-refractivity contribution in [2.75, 3.05) is 37.7 Å². The number of piperidine rings is 1. The highest BCUT2D eigenvalue weighted by Crippen LogP contribution is 2.30. The van der Waals surface area contributed by atoms with Crippen molar-refractivity contribution in [3.05, 3.63) is 23.3 Å². The minimum atomic E-state index is -0.479. The van der Waals surface area contributed by atoms with Crippen LogP contribution in [0.2, 0.25) is 0 Å². The number of anilines is 1. The maximum Gasteiger partial charge on any atom is 0.410 e. The number of amides is 1. The lowest BCUT2D eigenvalue weighted by atomic mass is 9.96. The summed E-state index contributed by atoms with van der Waals surface area (Å²) in [6.45, 7) is 9.94. The number of hydrogen-bond acceptors (Lipinski definition) is 8. The zero-order chi connectivity index (χ0) is 21.6. The molecule has 0 unspecified atom stereocenters. The highest BCUT2D eigenvalue weighted by atomic mass is 16.6. The number of fused-ring (bicyclic) bond motifs is 1. The Morgan fingerprint density at radius 3 is 2.65 bits per heavy atom. The van der Waals surface area contributed by atoms with Gasteiger partial charge in [0.2, 0.25) is 0 Å². The number of rotatable bonds is 3. The predicted molar refractivity (Wildman–Crippen MR) is 111 cm³/mol. The highest BCUT2D eigenvalue weighted by molar-refractivity contribution is 5.68. The van der Waals surface area contributed by atoms with Crippen LogP contribution in [0.15, 0.2) is 10.7 Å². The number of aromatic nitrogens is 4. The first-order valence-corrected chi connectivity index (χ1v) is 11.1. The predicted octanol–water partition coefficient (Wildman–Crippen LogP) is 2.51. The molecule has 0 bridgehead atoms. The summed E-state index contributed by atoms with van der Waals surface area (Å²) in [5.74, 6) is 0.921. The van der Waals surface area contributed by atoms with Crippen LogP contribution in [-0.2, 0) is 22.4 Å². The summed E-state index contributed by atoms with van der Waals surface area (Å²) >= 11 is 0. The van der Waals surface area contributed by atoms with Crippen LogP contribution in [0, 0.1) is 0 Å². The summed E-state index contributed by atoms with van der Waals surface area (Å²) in [6.07, 6.45) is 4.34. The van der Waals surface area contributed by atoms with E-state index in [4.69, 9.17) is 24.1 Å². The molecule has 31 heavy (non-hydrogen) atoms. The molecule has 3 aliphatic rings. The van der Waals surface area contributed by atoms with E-state index in [1.807, 2.05) is 25.5 Å². The van der Waals surface area contributed by atoms with Crippen molar-refractivity contribution in [2.24, 2.45) is 0 Å². The third kappa shape index (κ3) is 4.26. The summed E-state index contributed by atoms with van der Waals surface area (Å²) < 4.78 is 18.4. The Kier molecular flexibility index (Phi) is 5.11. The highest BCUT2D eigenvalue weighted by Gasteiger charge is 2.31. The molecule has 0 spiro atoms. The van der Waals surface area contributed by atoms with Crippen molar-refractivity contribution in [3.63, 3.8) is 0 Å². The van der Waals surface area contributed by atoms with Crippen LogP contribution in [0.5, 0.6) is 0 Å². The number of hydrogen-bond donors (Lipinski definition) is 0. The van der Waals surface area contributed by atoms with Gasteiger partial charge < -0.3 is 23.8 Å². The van der Waals surface area contributed by atoms with Crippen molar-refractivity contribution in [1.82, 2.24) is 24.8 Å².